The Labute approximate surface area is 77.4 Å². The number of rotatable bonds is 3. The van der Waals surface area contributed by atoms with E-state index >= 15 is 0 Å². The Hall–Kier alpha value is -0.630. The first kappa shape index (κ1) is 9.46. The zero-order valence-corrected chi connectivity index (χ0v) is 8.57. The van der Waals surface area contributed by atoms with Crippen LogP contribution >= 0.6 is 11.3 Å². The van der Waals surface area contributed by atoms with Gasteiger partial charge in [-0.25, -0.2) is 0 Å². The Morgan fingerprint density at radius 1 is 1.58 bits per heavy atom. The summed E-state index contributed by atoms with van der Waals surface area (Å²) in [5, 5.41) is 0. The minimum atomic E-state index is 0.0914. The van der Waals surface area contributed by atoms with Crippen molar-refractivity contribution >= 4 is 17.1 Å². The van der Waals surface area contributed by atoms with Gasteiger partial charge in [-0.05, 0) is 19.1 Å². The van der Waals surface area contributed by atoms with E-state index in [1.165, 1.54) is 9.75 Å². The molecule has 0 amide bonds. The minimum absolute atomic E-state index is 0.0914. The maximum absolute atomic E-state index is 11.3. The van der Waals surface area contributed by atoms with E-state index < -0.39 is 0 Å². The fraction of sp³-hybridized carbons (Fsp3) is 0.500. The summed E-state index contributed by atoms with van der Waals surface area (Å²) in [4.78, 5) is 13.8. The molecule has 12 heavy (non-hydrogen) atoms. The highest BCUT2D eigenvalue weighted by molar-refractivity contribution is 7.12. The van der Waals surface area contributed by atoms with Gasteiger partial charge in [0.25, 0.3) is 0 Å². The van der Waals surface area contributed by atoms with Gasteiger partial charge in [0, 0.05) is 22.1 Å². The quantitative estimate of drug-likeness (QED) is 0.702. The highest BCUT2D eigenvalue weighted by Gasteiger charge is 2.14. The summed E-state index contributed by atoms with van der Waals surface area (Å²) in [5.74, 6) is 0.422. The van der Waals surface area contributed by atoms with E-state index in [4.69, 9.17) is 0 Å². The summed E-state index contributed by atoms with van der Waals surface area (Å²) >= 11 is 1.72. The maximum atomic E-state index is 11.3. The van der Waals surface area contributed by atoms with Gasteiger partial charge in [0.1, 0.15) is 5.78 Å². The van der Waals surface area contributed by atoms with E-state index in [0.29, 0.717) is 12.2 Å². The second kappa shape index (κ2) is 3.85. The molecular weight excluding hydrogens is 168 g/mol. The van der Waals surface area contributed by atoms with Crippen LogP contribution in [0.1, 0.15) is 35.9 Å². The van der Waals surface area contributed by atoms with E-state index in [1.807, 2.05) is 13.8 Å². The standard InChI is InChI=1S/C10H14OS/c1-4-9(11)8(3)10-6-5-7(2)12-10/h5-6,8H,4H2,1-3H3. The fourth-order valence-electron chi connectivity index (χ4n) is 1.15. The molecule has 0 fully saturated rings. The number of aryl methyl sites for hydroxylation is 1. The van der Waals surface area contributed by atoms with E-state index in [-0.39, 0.29) is 5.92 Å². The first-order valence-electron chi connectivity index (χ1n) is 4.24. The zero-order chi connectivity index (χ0) is 9.14. The van der Waals surface area contributed by atoms with Crippen LogP contribution in [-0.4, -0.2) is 5.78 Å². The van der Waals surface area contributed by atoms with Crippen molar-refractivity contribution in [3.63, 3.8) is 0 Å². The van der Waals surface area contributed by atoms with Gasteiger partial charge in [0.2, 0.25) is 0 Å². The Bertz CT molecular complexity index is 275. The lowest BCUT2D eigenvalue weighted by Crippen LogP contribution is -2.05. The number of carbonyl (C=O) groups excluding carboxylic acids is 1. The van der Waals surface area contributed by atoms with Gasteiger partial charge < -0.3 is 0 Å². The summed E-state index contributed by atoms with van der Waals surface area (Å²) in [7, 11) is 0. The van der Waals surface area contributed by atoms with Crippen molar-refractivity contribution in [1.82, 2.24) is 0 Å². The summed E-state index contributed by atoms with van der Waals surface area (Å²) in [6, 6.07) is 4.12. The normalized spacial score (nSPS) is 12.9. The second-order valence-corrected chi connectivity index (χ2v) is 4.31. The molecule has 0 aliphatic rings. The molecule has 0 saturated heterocycles. The Morgan fingerprint density at radius 2 is 2.25 bits per heavy atom. The SMILES string of the molecule is CCC(=O)C(C)c1ccc(C)s1. The second-order valence-electron chi connectivity index (χ2n) is 2.99. The molecular formula is C10H14OS. The van der Waals surface area contributed by atoms with E-state index in [0.717, 1.165) is 0 Å². The third-order valence-corrected chi connectivity index (χ3v) is 3.20. The summed E-state index contributed by atoms with van der Waals surface area (Å²) < 4.78 is 0. The molecule has 1 unspecified atom stereocenters. The summed E-state index contributed by atoms with van der Waals surface area (Å²) in [6.45, 7) is 5.97. The molecule has 1 aromatic rings. The van der Waals surface area contributed by atoms with Crippen molar-refractivity contribution in [1.29, 1.82) is 0 Å². The van der Waals surface area contributed by atoms with Gasteiger partial charge in [0.05, 0.1) is 0 Å². The number of carbonyl (C=O) groups is 1. The van der Waals surface area contributed by atoms with Crippen molar-refractivity contribution in [2.75, 3.05) is 0 Å². The molecule has 1 atom stereocenters. The highest BCUT2D eigenvalue weighted by atomic mass is 32.1. The van der Waals surface area contributed by atoms with Crippen LogP contribution in [0.25, 0.3) is 0 Å². The molecule has 0 radical (unpaired) electrons. The molecule has 1 heterocycles. The molecule has 2 heteroatoms. The largest absolute Gasteiger partial charge is 0.299 e. The van der Waals surface area contributed by atoms with Gasteiger partial charge in [-0.3, -0.25) is 4.79 Å². The lowest BCUT2D eigenvalue weighted by Gasteiger charge is -2.04. The predicted octanol–water partition coefficient (Wildman–Crippen LogP) is 3.14. The number of hydrogen-bond acceptors (Lipinski definition) is 2. The van der Waals surface area contributed by atoms with Gasteiger partial charge in [-0.15, -0.1) is 11.3 Å². The third-order valence-electron chi connectivity index (χ3n) is 2.02. The van der Waals surface area contributed by atoms with Gasteiger partial charge >= 0.3 is 0 Å². The van der Waals surface area contributed by atoms with Crippen LogP contribution in [0.5, 0.6) is 0 Å². The van der Waals surface area contributed by atoms with E-state index in [1.54, 1.807) is 11.3 Å². The summed E-state index contributed by atoms with van der Waals surface area (Å²) in [6.07, 6.45) is 0.637. The number of Topliss-reactive ketones (excluding diaryl/α,β-unsaturated/α-hetero) is 1. The monoisotopic (exact) mass is 182 g/mol. The van der Waals surface area contributed by atoms with Crippen LogP contribution in [0, 0.1) is 6.92 Å². The van der Waals surface area contributed by atoms with Crippen LogP contribution < -0.4 is 0 Å². The molecule has 1 nitrogen and oxygen atoms in total. The molecule has 66 valence electrons. The molecule has 1 rings (SSSR count). The predicted molar refractivity (Wildman–Crippen MR) is 52.8 cm³/mol. The fourth-order valence-corrected chi connectivity index (χ4v) is 2.10. The summed E-state index contributed by atoms with van der Waals surface area (Å²) in [5.41, 5.74) is 0. The van der Waals surface area contributed by atoms with Crippen molar-refractivity contribution < 1.29 is 4.79 Å². The molecule has 0 aliphatic heterocycles. The molecule has 1 aromatic heterocycles. The van der Waals surface area contributed by atoms with E-state index in [9.17, 15) is 4.79 Å². The highest BCUT2D eigenvalue weighted by Crippen LogP contribution is 2.25. The van der Waals surface area contributed by atoms with Crippen molar-refractivity contribution in [2.45, 2.75) is 33.1 Å². The van der Waals surface area contributed by atoms with Crippen LogP contribution in [0.15, 0.2) is 12.1 Å². The first-order chi connectivity index (χ1) is 5.65. The van der Waals surface area contributed by atoms with Crippen LogP contribution in [0.2, 0.25) is 0 Å². The molecule has 0 saturated carbocycles. The van der Waals surface area contributed by atoms with Crippen LogP contribution in [0.4, 0.5) is 0 Å². The van der Waals surface area contributed by atoms with Gasteiger partial charge in [0.15, 0.2) is 0 Å². The zero-order valence-electron chi connectivity index (χ0n) is 7.76. The van der Waals surface area contributed by atoms with Crippen molar-refractivity contribution in [3.05, 3.63) is 21.9 Å². The lowest BCUT2D eigenvalue weighted by molar-refractivity contribution is -0.119. The van der Waals surface area contributed by atoms with Crippen LogP contribution in [0.3, 0.4) is 0 Å². The van der Waals surface area contributed by atoms with Crippen LogP contribution in [-0.2, 0) is 4.79 Å². The van der Waals surface area contributed by atoms with Crippen molar-refractivity contribution in [3.8, 4) is 0 Å². The molecule has 0 aromatic carbocycles. The number of ketones is 1. The average molecular weight is 182 g/mol. The number of thiophene rings is 1. The Morgan fingerprint density at radius 3 is 2.67 bits per heavy atom. The first-order valence-corrected chi connectivity index (χ1v) is 5.05. The molecule has 0 spiro atoms. The third kappa shape index (κ3) is 1.95. The average Bonchev–Trinajstić information content (AvgIpc) is 2.49. The van der Waals surface area contributed by atoms with Gasteiger partial charge in [-0.2, -0.15) is 0 Å². The molecule has 0 bridgehead atoms. The van der Waals surface area contributed by atoms with Crippen molar-refractivity contribution in [2.24, 2.45) is 0 Å². The Balaban J connectivity index is 2.77. The molecule has 0 aliphatic carbocycles. The van der Waals surface area contributed by atoms with Gasteiger partial charge in [-0.1, -0.05) is 13.8 Å². The van der Waals surface area contributed by atoms with E-state index in [2.05, 4.69) is 19.1 Å². The Kier molecular flexibility index (Phi) is 3.04. The molecule has 0 N–H and O–H groups in total. The number of hydrogen-bond donors (Lipinski definition) is 0. The smallest absolute Gasteiger partial charge is 0.140 e. The topological polar surface area (TPSA) is 17.1 Å². The maximum Gasteiger partial charge on any atom is 0.140 e. The lowest BCUT2D eigenvalue weighted by atomic mass is 10.0. The minimum Gasteiger partial charge on any atom is -0.299 e.